The van der Waals surface area contributed by atoms with E-state index in [1.807, 2.05) is 43.3 Å². The molecule has 100 valence electrons. The summed E-state index contributed by atoms with van der Waals surface area (Å²) in [4.78, 5) is 13.8. The van der Waals surface area contributed by atoms with Crippen molar-refractivity contribution in [2.24, 2.45) is 11.7 Å². The van der Waals surface area contributed by atoms with E-state index in [0.717, 1.165) is 17.8 Å². The number of nitrogens with zero attached hydrogens (tertiary/aromatic N) is 1. The molecule has 0 bridgehead atoms. The third kappa shape index (κ3) is 4.75. The molecular formula is C14H23N3O. The topological polar surface area (TPSA) is 58.4 Å². The molecule has 0 aromatic heterocycles. The first-order chi connectivity index (χ1) is 8.52. The molecule has 0 radical (unpaired) electrons. The van der Waals surface area contributed by atoms with E-state index in [1.165, 1.54) is 0 Å². The molecule has 0 saturated heterocycles. The van der Waals surface area contributed by atoms with Gasteiger partial charge in [0.25, 0.3) is 0 Å². The normalized spacial score (nSPS) is 12.0. The number of benzene rings is 1. The number of nitrogens with one attached hydrogen (secondary N) is 1. The largest absolute Gasteiger partial charge is 0.378 e. The SMILES string of the molecule is CC(CN)CCC(=O)Nc1cccc(N(C)C)c1. The number of carbonyl (C=O) groups is 1. The van der Waals surface area contributed by atoms with Gasteiger partial charge in [-0.3, -0.25) is 4.79 Å². The molecule has 1 rings (SSSR count). The second kappa shape index (κ2) is 7.01. The first-order valence-electron chi connectivity index (χ1n) is 6.30. The highest BCUT2D eigenvalue weighted by Gasteiger charge is 2.06. The lowest BCUT2D eigenvalue weighted by molar-refractivity contribution is -0.116. The van der Waals surface area contributed by atoms with Gasteiger partial charge in [0.05, 0.1) is 0 Å². The predicted molar refractivity (Wildman–Crippen MR) is 76.9 cm³/mol. The molecular weight excluding hydrogens is 226 g/mol. The van der Waals surface area contributed by atoms with Crippen molar-refractivity contribution in [2.75, 3.05) is 30.9 Å². The van der Waals surface area contributed by atoms with Gasteiger partial charge < -0.3 is 16.0 Å². The molecule has 1 aromatic carbocycles. The Labute approximate surface area is 109 Å². The molecule has 1 atom stereocenters. The van der Waals surface area contributed by atoms with Crippen molar-refractivity contribution in [1.29, 1.82) is 0 Å². The van der Waals surface area contributed by atoms with Gasteiger partial charge in [0.1, 0.15) is 0 Å². The number of hydrogen-bond donors (Lipinski definition) is 2. The Hall–Kier alpha value is -1.55. The van der Waals surface area contributed by atoms with Gasteiger partial charge in [-0.1, -0.05) is 13.0 Å². The fourth-order valence-electron chi connectivity index (χ4n) is 1.58. The third-order valence-corrected chi connectivity index (χ3v) is 2.91. The van der Waals surface area contributed by atoms with Crippen molar-refractivity contribution in [1.82, 2.24) is 0 Å². The Morgan fingerprint density at radius 1 is 1.44 bits per heavy atom. The van der Waals surface area contributed by atoms with E-state index < -0.39 is 0 Å². The maximum absolute atomic E-state index is 11.7. The maximum atomic E-state index is 11.7. The Morgan fingerprint density at radius 3 is 2.78 bits per heavy atom. The van der Waals surface area contributed by atoms with Crippen LogP contribution in [-0.4, -0.2) is 26.5 Å². The Kier molecular flexibility index (Phi) is 5.65. The minimum absolute atomic E-state index is 0.0474. The lowest BCUT2D eigenvalue weighted by Crippen LogP contribution is -2.16. The summed E-state index contributed by atoms with van der Waals surface area (Å²) in [5.41, 5.74) is 7.44. The summed E-state index contributed by atoms with van der Waals surface area (Å²) in [6.45, 7) is 2.68. The van der Waals surface area contributed by atoms with Crippen LogP contribution in [-0.2, 0) is 4.79 Å². The van der Waals surface area contributed by atoms with E-state index in [9.17, 15) is 4.79 Å². The van der Waals surface area contributed by atoms with E-state index >= 15 is 0 Å². The van der Waals surface area contributed by atoms with Crippen molar-refractivity contribution < 1.29 is 4.79 Å². The van der Waals surface area contributed by atoms with Crippen molar-refractivity contribution in [2.45, 2.75) is 19.8 Å². The highest BCUT2D eigenvalue weighted by molar-refractivity contribution is 5.91. The van der Waals surface area contributed by atoms with Crippen LogP contribution in [0.25, 0.3) is 0 Å². The van der Waals surface area contributed by atoms with Crippen LogP contribution >= 0.6 is 0 Å². The molecule has 0 aliphatic rings. The van der Waals surface area contributed by atoms with E-state index in [-0.39, 0.29) is 5.91 Å². The maximum Gasteiger partial charge on any atom is 0.224 e. The van der Waals surface area contributed by atoms with Gasteiger partial charge in [-0.05, 0) is 37.1 Å². The molecule has 0 heterocycles. The van der Waals surface area contributed by atoms with Crippen LogP contribution in [0, 0.1) is 5.92 Å². The summed E-state index contributed by atoms with van der Waals surface area (Å²) in [5.74, 6) is 0.440. The molecule has 4 heteroatoms. The minimum atomic E-state index is 0.0474. The number of anilines is 2. The summed E-state index contributed by atoms with van der Waals surface area (Å²) >= 11 is 0. The number of amides is 1. The third-order valence-electron chi connectivity index (χ3n) is 2.91. The average molecular weight is 249 g/mol. The first-order valence-corrected chi connectivity index (χ1v) is 6.30. The fraction of sp³-hybridized carbons (Fsp3) is 0.500. The van der Waals surface area contributed by atoms with Crippen LogP contribution < -0.4 is 16.0 Å². The zero-order chi connectivity index (χ0) is 13.5. The number of rotatable bonds is 6. The van der Waals surface area contributed by atoms with Gasteiger partial charge in [-0.15, -0.1) is 0 Å². The Morgan fingerprint density at radius 2 is 2.17 bits per heavy atom. The van der Waals surface area contributed by atoms with Crippen LogP contribution in [0.15, 0.2) is 24.3 Å². The van der Waals surface area contributed by atoms with Crippen molar-refractivity contribution in [3.05, 3.63) is 24.3 Å². The molecule has 0 aliphatic heterocycles. The van der Waals surface area contributed by atoms with Gasteiger partial charge in [0, 0.05) is 31.9 Å². The molecule has 0 spiro atoms. The number of nitrogens with two attached hydrogens (primary N) is 1. The summed E-state index contributed by atoms with van der Waals surface area (Å²) in [5, 5.41) is 2.91. The van der Waals surface area contributed by atoms with E-state index in [4.69, 9.17) is 5.73 Å². The molecule has 3 N–H and O–H groups in total. The van der Waals surface area contributed by atoms with Crippen LogP contribution in [0.4, 0.5) is 11.4 Å². The first kappa shape index (κ1) is 14.5. The highest BCUT2D eigenvalue weighted by Crippen LogP contribution is 2.17. The Balaban J connectivity index is 2.51. The van der Waals surface area contributed by atoms with Gasteiger partial charge in [-0.2, -0.15) is 0 Å². The second-order valence-corrected chi connectivity index (χ2v) is 4.87. The minimum Gasteiger partial charge on any atom is -0.378 e. The van der Waals surface area contributed by atoms with Crippen molar-refractivity contribution >= 4 is 17.3 Å². The van der Waals surface area contributed by atoms with Crippen molar-refractivity contribution in [3.63, 3.8) is 0 Å². The molecule has 1 amide bonds. The molecule has 1 aromatic rings. The van der Waals surface area contributed by atoms with Crippen LogP contribution in [0.3, 0.4) is 0 Å². The van der Waals surface area contributed by atoms with Crippen LogP contribution in [0.5, 0.6) is 0 Å². The molecule has 18 heavy (non-hydrogen) atoms. The standard InChI is InChI=1S/C14H23N3O/c1-11(10-15)7-8-14(18)16-12-5-4-6-13(9-12)17(2)3/h4-6,9,11H,7-8,10,15H2,1-3H3,(H,16,18). The average Bonchev–Trinajstić information content (AvgIpc) is 2.36. The predicted octanol–water partition coefficient (Wildman–Crippen LogP) is 2.07. The number of hydrogen-bond acceptors (Lipinski definition) is 3. The quantitative estimate of drug-likeness (QED) is 0.811. The van der Waals surface area contributed by atoms with Gasteiger partial charge >= 0.3 is 0 Å². The number of carbonyl (C=O) groups excluding carboxylic acids is 1. The Bertz CT molecular complexity index is 390. The van der Waals surface area contributed by atoms with E-state index in [1.54, 1.807) is 0 Å². The van der Waals surface area contributed by atoms with Crippen molar-refractivity contribution in [3.8, 4) is 0 Å². The van der Waals surface area contributed by atoms with Crippen LogP contribution in [0.1, 0.15) is 19.8 Å². The van der Waals surface area contributed by atoms with E-state index in [0.29, 0.717) is 18.9 Å². The molecule has 0 saturated carbocycles. The van der Waals surface area contributed by atoms with Gasteiger partial charge in [0.2, 0.25) is 5.91 Å². The lowest BCUT2D eigenvalue weighted by Gasteiger charge is -2.14. The van der Waals surface area contributed by atoms with Gasteiger partial charge in [0.15, 0.2) is 0 Å². The summed E-state index contributed by atoms with van der Waals surface area (Å²) in [6.07, 6.45) is 1.35. The summed E-state index contributed by atoms with van der Waals surface area (Å²) in [6, 6.07) is 7.81. The summed E-state index contributed by atoms with van der Waals surface area (Å²) in [7, 11) is 3.95. The monoisotopic (exact) mass is 249 g/mol. The second-order valence-electron chi connectivity index (χ2n) is 4.87. The molecule has 0 aliphatic carbocycles. The van der Waals surface area contributed by atoms with Gasteiger partial charge in [-0.25, -0.2) is 0 Å². The highest BCUT2D eigenvalue weighted by atomic mass is 16.1. The molecule has 0 fully saturated rings. The smallest absolute Gasteiger partial charge is 0.224 e. The van der Waals surface area contributed by atoms with E-state index in [2.05, 4.69) is 12.2 Å². The lowest BCUT2D eigenvalue weighted by atomic mass is 10.1. The van der Waals surface area contributed by atoms with Crippen LogP contribution in [0.2, 0.25) is 0 Å². The summed E-state index contributed by atoms with van der Waals surface area (Å²) < 4.78 is 0. The molecule has 1 unspecified atom stereocenters. The zero-order valence-corrected chi connectivity index (χ0v) is 11.4. The molecule has 4 nitrogen and oxygen atoms in total. The fourth-order valence-corrected chi connectivity index (χ4v) is 1.58. The zero-order valence-electron chi connectivity index (χ0n) is 11.4.